The van der Waals surface area contributed by atoms with Crippen molar-refractivity contribution in [3.8, 4) is 0 Å². The number of carbonyl (C=O) groups is 1. The molecular formula is C16H15BrClN5O. The lowest BCUT2D eigenvalue weighted by Crippen LogP contribution is -2.15. The number of hydrogen-bond donors (Lipinski definition) is 1. The summed E-state index contributed by atoms with van der Waals surface area (Å²) in [4.78, 5) is 12.0. The van der Waals surface area contributed by atoms with E-state index in [4.69, 9.17) is 11.6 Å². The molecule has 1 amide bonds. The molecule has 0 aliphatic carbocycles. The molecule has 0 unspecified atom stereocenters. The third-order valence-electron chi connectivity index (χ3n) is 3.34. The van der Waals surface area contributed by atoms with Gasteiger partial charge in [-0.05, 0) is 33.6 Å². The van der Waals surface area contributed by atoms with E-state index in [2.05, 4.69) is 31.4 Å². The molecule has 3 aromatic rings. The summed E-state index contributed by atoms with van der Waals surface area (Å²) in [5, 5.41) is 12.0. The number of amides is 1. The van der Waals surface area contributed by atoms with E-state index in [1.165, 1.54) is 0 Å². The van der Waals surface area contributed by atoms with Gasteiger partial charge in [0, 0.05) is 36.4 Å². The van der Waals surface area contributed by atoms with E-state index >= 15 is 0 Å². The second kappa shape index (κ2) is 7.63. The molecule has 0 spiro atoms. The van der Waals surface area contributed by atoms with Crippen LogP contribution in [0.15, 0.2) is 53.4 Å². The van der Waals surface area contributed by atoms with E-state index in [9.17, 15) is 4.79 Å². The van der Waals surface area contributed by atoms with Crippen molar-refractivity contribution in [2.45, 2.75) is 19.5 Å². The lowest BCUT2D eigenvalue weighted by atomic mass is 10.2. The van der Waals surface area contributed by atoms with Crippen LogP contribution in [0, 0.1) is 0 Å². The van der Waals surface area contributed by atoms with Crippen molar-refractivity contribution in [1.82, 2.24) is 19.6 Å². The van der Waals surface area contributed by atoms with Crippen LogP contribution < -0.4 is 5.32 Å². The van der Waals surface area contributed by atoms with Crippen LogP contribution in [0.3, 0.4) is 0 Å². The van der Waals surface area contributed by atoms with Crippen LogP contribution in [-0.4, -0.2) is 25.5 Å². The number of aromatic nitrogens is 4. The second-order valence-electron chi connectivity index (χ2n) is 5.24. The summed E-state index contributed by atoms with van der Waals surface area (Å²) in [5.41, 5.74) is 1.09. The average molecular weight is 409 g/mol. The Morgan fingerprint density at radius 1 is 1.21 bits per heavy atom. The highest BCUT2D eigenvalue weighted by molar-refractivity contribution is 9.10. The predicted molar refractivity (Wildman–Crippen MR) is 96.0 cm³/mol. The van der Waals surface area contributed by atoms with Gasteiger partial charge in [0.15, 0.2) is 5.82 Å². The molecule has 0 fully saturated rings. The molecule has 8 heteroatoms. The Morgan fingerprint density at radius 3 is 2.71 bits per heavy atom. The Balaban J connectivity index is 1.51. The normalized spacial score (nSPS) is 10.8. The smallest absolute Gasteiger partial charge is 0.227 e. The quantitative estimate of drug-likeness (QED) is 0.678. The molecule has 6 nitrogen and oxygen atoms in total. The summed E-state index contributed by atoms with van der Waals surface area (Å²) in [6.07, 6.45) is 5.68. The van der Waals surface area contributed by atoms with E-state index < -0.39 is 0 Å². The molecule has 1 N–H and O–H groups in total. The molecule has 24 heavy (non-hydrogen) atoms. The van der Waals surface area contributed by atoms with Gasteiger partial charge in [-0.2, -0.15) is 10.2 Å². The lowest BCUT2D eigenvalue weighted by molar-refractivity contribution is -0.116. The largest absolute Gasteiger partial charge is 0.309 e. The Labute approximate surface area is 152 Å². The fourth-order valence-electron chi connectivity index (χ4n) is 2.18. The minimum absolute atomic E-state index is 0.0987. The van der Waals surface area contributed by atoms with Gasteiger partial charge in [0.05, 0.1) is 17.2 Å². The lowest BCUT2D eigenvalue weighted by Gasteiger charge is -2.04. The number of carbonyl (C=O) groups excluding carboxylic acids is 1. The van der Waals surface area contributed by atoms with Crippen molar-refractivity contribution in [3.63, 3.8) is 0 Å². The molecule has 0 aliphatic heterocycles. The molecule has 0 atom stereocenters. The highest BCUT2D eigenvalue weighted by Gasteiger charge is 2.06. The third-order valence-corrected chi connectivity index (χ3v) is 4.00. The topological polar surface area (TPSA) is 64.7 Å². The molecule has 2 aromatic heterocycles. The molecule has 124 valence electrons. The van der Waals surface area contributed by atoms with Gasteiger partial charge >= 0.3 is 0 Å². The summed E-state index contributed by atoms with van der Waals surface area (Å²) in [5.74, 6) is 0.439. The fraction of sp³-hybridized carbons (Fsp3) is 0.188. The number of anilines is 1. The SMILES string of the molecule is O=C(CCn1cc(Br)cn1)Nc1ccn(Cc2ccc(Cl)cc2)n1. The monoisotopic (exact) mass is 407 g/mol. The van der Waals surface area contributed by atoms with Crippen LogP contribution in [-0.2, 0) is 17.9 Å². The molecule has 2 heterocycles. The van der Waals surface area contributed by atoms with Crippen LogP contribution in [0.25, 0.3) is 0 Å². The molecule has 0 saturated carbocycles. The zero-order valence-electron chi connectivity index (χ0n) is 12.7. The number of aryl methyl sites for hydroxylation is 1. The maximum atomic E-state index is 12.0. The fourth-order valence-corrected chi connectivity index (χ4v) is 2.63. The molecule has 1 aromatic carbocycles. The number of nitrogens with zero attached hydrogens (tertiary/aromatic N) is 4. The second-order valence-corrected chi connectivity index (χ2v) is 6.60. The van der Waals surface area contributed by atoms with Gasteiger partial charge in [-0.25, -0.2) is 0 Å². The van der Waals surface area contributed by atoms with E-state index in [0.29, 0.717) is 30.4 Å². The Morgan fingerprint density at radius 2 is 2.00 bits per heavy atom. The van der Waals surface area contributed by atoms with Crippen molar-refractivity contribution in [2.75, 3.05) is 5.32 Å². The Bertz CT molecular complexity index is 827. The van der Waals surface area contributed by atoms with Crippen molar-refractivity contribution >= 4 is 39.3 Å². The first kappa shape index (κ1) is 16.7. The van der Waals surface area contributed by atoms with E-state index in [-0.39, 0.29) is 5.91 Å². The molecule has 0 saturated heterocycles. The molecular weight excluding hydrogens is 394 g/mol. The van der Waals surface area contributed by atoms with Crippen molar-refractivity contribution in [2.24, 2.45) is 0 Å². The zero-order valence-corrected chi connectivity index (χ0v) is 15.0. The van der Waals surface area contributed by atoms with Crippen molar-refractivity contribution < 1.29 is 4.79 Å². The van der Waals surface area contributed by atoms with Gasteiger partial charge in [-0.15, -0.1) is 0 Å². The molecule has 0 bridgehead atoms. The number of halogens is 2. The summed E-state index contributed by atoms with van der Waals surface area (Å²) < 4.78 is 4.37. The number of nitrogens with one attached hydrogen (secondary N) is 1. The summed E-state index contributed by atoms with van der Waals surface area (Å²) in [6, 6.07) is 9.36. The number of hydrogen-bond acceptors (Lipinski definition) is 3. The first-order chi connectivity index (χ1) is 11.6. The standard InChI is InChI=1S/C16H15BrClN5O/c17-13-9-19-22(11-13)8-6-16(24)20-15-5-7-23(21-15)10-12-1-3-14(18)4-2-12/h1-5,7,9,11H,6,8,10H2,(H,20,21,24). The number of rotatable bonds is 6. The van der Waals surface area contributed by atoms with Crippen LogP contribution >= 0.6 is 27.5 Å². The average Bonchev–Trinajstić information content (AvgIpc) is 3.17. The van der Waals surface area contributed by atoms with Gasteiger partial charge in [-0.1, -0.05) is 23.7 Å². The Kier molecular flexibility index (Phi) is 5.32. The minimum Gasteiger partial charge on any atom is -0.309 e. The van der Waals surface area contributed by atoms with Crippen molar-refractivity contribution in [1.29, 1.82) is 0 Å². The van der Waals surface area contributed by atoms with Gasteiger partial charge in [-0.3, -0.25) is 14.2 Å². The summed E-state index contributed by atoms with van der Waals surface area (Å²) >= 11 is 9.20. The molecule has 3 rings (SSSR count). The van der Waals surface area contributed by atoms with Crippen LogP contribution in [0.5, 0.6) is 0 Å². The highest BCUT2D eigenvalue weighted by Crippen LogP contribution is 2.12. The van der Waals surface area contributed by atoms with Crippen LogP contribution in [0.2, 0.25) is 5.02 Å². The van der Waals surface area contributed by atoms with E-state index in [0.717, 1.165) is 10.0 Å². The maximum absolute atomic E-state index is 12.0. The maximum Gasteiger partial charge on any atom is 0.227 e. The van der Waals surface area contributed by atoms with Crippen LogP contribution in [0.1, 0.15) is 12.0 Å². The third kappa shape index (κ3) is 4.69. The molecule has 0 radical (unpaired) electrons. The van der Waals surface area contributed by atoms with E-state index in [1.54, 1.807) is 21.6 Å². The van der Waals surface area contributed by atoms with Gasteiger partial charge in [0.25, 0.3) is 0 Å². The van der Waals surface area contributed by atoms with Crippen molar-refractivity contribution in [3.05, 3.63) is 64.0 Å². The van der Waals surface area contributed by atoms with Gasteiger partial charge in [0.1, 0.15) is 0 Å². The first-order valence-electron chi connectivity index (χ1n) is 7.34. The van der Waals surface area contributed by atoms with Gasteiger partial charge < -0.3 is 5.32 Å². The summed E-state index contributed by atoms with van der Waals surface area (Å²) in [7, 11) is 0. The van der Waals surface area contributed by atoms with E-state index in [1.807, 2.05) is 36.7 Å². The first-order valence-corrected chi connectivity index (χ1v) is 8.51. The van der Waals surface area contributed by atoms with Crippen LogP contribution in [0.4, 0.5) is 5.82 Å². The zero-order chi connectivity index (χ0) is 16.9. The highest BCUT2D eigenvalue weighted by atomic mass is 79.9. The van der Waals surface area contributed by atoms with Gasteiger partial charge in [0.2, 0.25) is 5.91 Å². The number of benzene rings is 1. The predicted octanol–water partition coefficient (Wildman–Crippen LogP) is 3.57. The molecule has 0 aliphatic rings. The summed E-state index contributed by atoms with van der Waals surface area (Å²) in [6.45, 7) is 1.14. The Hall–Kier alpha value is -2.12. The minimum atomic E-state index is -0.0987.